The predicted octanol–water partition coefficient (Wildman–Crippen LogP) is 5.90. The van der Waals surface area contributed by atoms with Crippen LogP contribution in [0.3, 0.4) is 0 Å². The van der Waals surface area contributed by atoms with Gasteiger partial charge in [-0.1, -0.05) is 72.8 Å². The van der Waals surface area contributed by atoms with E-state index in [0.717, 1.165) is 22.3 Å². The Labute approximate surface area is 245 Å². The number of hydrogen-bond donors (Lipinski definition) is 2. The molecule has 42 heavy (non-hydrogen) atoms. The summed E-state index contributed by atoms with van der Waals surface area (Å²) in [6, 6.07) is 22.4. The van der Waals surface area contributed by atoms with E-state index in [2.05, 4.69) is 0 Å². The third kappa shape index (κ3) is 5.88. The van der Waals surface area contributed by atoms with Crippen molar-refractivity contribution in [1.29, 1.82) is 0 Å². The molecule has 5 rings (SSSR count). The minimum atomic E-state index is -0.521. The summed E-state index contributed by atoms with van der Waals surface area (Å²) in [4.78, 5) is 28.1. The Kier molecular flexibility index (Phi) is 8.06. The van der Waals surface area contributed by atoms with Crippen molar-refractivity contribution >= 4 is 12.2 Å². The Morgan fingerprint density at radius 1 is 0.500 bits per heavy atom. The van der Waals surface area contributed by atoms with Crippen LogP contribution < -0.4 is 9.47 Å². The molecule has 8 nitrogen and oxygen atoms in total. The first-order chi connectivity index (χ1) is 20.1. The van der Waals surface area contributed by atoms with Crippen molar-refractivity contribution in [3.05, 3.63) is 117 Å². The molecule has 2 N–H and O–H groups in total. The Hall–Kier alpha value is -4.98. The first-order valence-corrected chi connectivity index (χ1v) is 13.7. The molecule has 0 atom stereocenters. The second-order valence-electron chi connectivity index (χ2n) is 10.9. The molecule has 0 aliphatic heterocycles. The number of carbonyl (C=O) groups excluding carboxylic acids is 2. The van der Waals surface area contributed by atoms with Gasteiger partial charge >= 0.3 is 12.2 Å². The summed E-state index contributed by atoms with van der Waals surface area (Å²) in [5, 5.41) is 22.8. The Morgan fingerprint density at radius 2 is 0.738 bits per heavy atom. The number of fused-ring (bicyclic) bond motifs is 8. The van der Waals surface area contributed by atoms with Gasteiger partial charge in [0.2, 0.25) is 0 Å². The van der Waals surface area contributed by atoms with Gasteiger partial charge in [0, 0.05) is 53.9 Å². The number of hydrogen-bond acceptors (Lipinski definition) is 6. The first-order valence-electron chi connectivity index (χ1n) is 13.7. The average Bonchev–Trinajstić information content (AvgIpc) is 2.95. The highest BCUT2D eigenvalue weighted by atomic mass is 16.6. The molecule has 4 aromatic carbocycles. The number of para-hydroxylation sites is 4. The normalized spacial score (nSPS) is 12.3. The topological polar surface area (TPSA) is 99.5 Å². The maximum atomic E-state index is 12.7. The summed E-state index contributed by atoms with van der Waals surface area (Å²) in [5.74, 6) is 1.05. The van der Waals surface area contributed by atoms with Crippen LogP contribution in [0.25, 0.3) is 0 Å². The van der Waals surface area contributed by atoms with Crippen LogP contribution in [0.1, 0.15) is 44.5 Å². The fourth-order valence-corrected chi connectivity index (χ4v) is 5.13. The quantitative estimate of drug-likeness (QED) is 0.276. The number of aromatic hydroxyl groups is 2. The van der Waals surface area contributed by atoms with E-state index < -0.39 is 12.2 Å². The molecular weight excluding hydrogens is 532 g/mol. The van der Waals surface area contributed by atoms with Gasteiger partial charge in [0.05, 0.1) is 0 Å². The highest BCUT2D eigenvalue weighted by Gasteiger charge is 2.22. The summed E-state index contributed by atoms with van der Waals surface area (Å²) in [7, 11) is 6.47. The molecule has 0 heterocycles. The van der Waals surface area contributed by atoms with Gasteiger partial charge in [-0.05, 0) is 44.5 Å². The summed E-state index contributed by atoms with van der Waals surface area (Å²) in [6.45, 7) is 0. The van der Waals surface area contributed by atoms with Gasteiger partial charge in [-0.25, -0.2) is 9.59 Å². The number of phenolic OH excluding ortho intramolecular Hbond substituents is 2. The van der Waals surface area contributed by atoms with E-state index in [9.17, 15) is 19.8 Å². The van der Waals surface area contributed by atoms with E-state index in [1.807, 2.05) is 72.8 Å². The lowest BCUT2D eigenvalue weighted by atomic mass is 9.91. The van der Waals surface area contributed by atoms with Gasteiger partial charge in [0.25, 0.3) is 0 Å². The zero-order chi connectivity index (χ0) is 30.0. The number of rotatable bonds is 2. The third-order valence-electron chi connectivity index (χ3n) is 7.40. The van der Waals surface area contributed by atoms with Crippen LogP contribution in [0, 0.1) is 0 Å². The highest BCUT2D eigenvalue weighted by Crippen LogP contribution is 2.38. The molecular formula is C34H34N2O6. The second kappa shape index (κ2) is 11.9. The number of phenols is 2. The molecule has 0 saturated heterocycles. The van der Waals surface area contributed by atoms with Crippen LogP contribution in [0.5, 0.6) is 23.0 Å². The van der Waals surface area contributed by atoms with Crippen molar-refractivity contribution in [2.24, 2.45) is 0 Å². The average molecular weight is 567 g/mol. The van der Waals surface area contributed by atoms with Crippen LogP contribution in [-0.4, -0.2) is 60.4 Å². The molecule has 8 heteroatoms. The van der Waals surface area contributed by atoms with E-state index in [1.54, 1.807) is 28.2 Å². The van der Waals surface area contributed by atoms with Gasteiger partial charge in [-0.2, -0.15) is 0 Å². The number of benzene rings is 4. The summed E-state index contributed by atoms with van der Waals surface area (Å²) < 4.78 is 11.8. The van der Waals surface area contributed by atoms with Crippen LogP contribution in [0.4, 0.5) is 9.59 Å². The van der Waals surface area contributed by atoms with Crippen molar-refractivity contribution in [1.82, 2.24) is 9.80 Å². The molecule has 216 valence electrons. The molecule has 0 saturated carbocycles. The minimum Gasteiger partial charge on any atom is -0.507 e. The molecule has 2 amide bonds. The number of carbonyl (C=O) groups is 2. The van der Waals surface area contributed by atoms with Gasteiger partial charge < -0.3 is 29.5 Å². The highest BCUT2D eigenvalue weighted by molar-refractivity contribution is 5.72. The van der Waals surface area contributed by atoms with E-state index in [1.165, 1.54) is 9.80 Å². The van der Waals surface area contributed by atoms with Crippen LogP contribution in [0.2, 0.25) is 0 Å². The lowest BCUT2D eigenvalue weighted by Gasteiger charge is -2.21. The summed E-state index contributed by atoms with van der Waals surface area (Å²) in [6.07, 6.45) is 0.173. The lowest BCUT2D eigenvalue weighted by Crippen LogP contribution is -2.26. The Morgan fingerprint density at radius 3 is 0.976 bits per heavy atom. The molecule has 0 aromatic heterocycles. The van der Waals surface area contributed by atoms with Crippen LogP contribution in [-0.2, 0) is 25.7 Å². The van der Waals surface area contributed by atoms with Crippen molar-refractivity contribution in [3.8, 4) is 23.0 Å². The largest absolute Gasteiger partial charge is 0.507 e. The maximum absolute atomic E-state index is 12.7. The van der Waals surface area contributed by atoms with Gasteiger partial charge in [0.1, 0.15) is 23.0 Å². The summed E-state index contributed by atoms with van der Waals surface area (Å²) in [5.41, 5.74) is 5.53. The van der Waals surface area contributed by atoms with E-state index in [-0.39, 0.29) is 11.5 Å². The monoisotopic (exact) mass is 566 g/mol. The Bertz CT molecular complexity index is 1450. The van der Waals surface area contributed by atoms with E-state index in [4.69, 9.17) is 9.47 Å². The number of nitrogens with zero attached hydrogens (tertiary/aromatic N) is 2. The molecule has 0 radical (unpaired) electrons. The first kappa shape index (κ1) is 28.5. The molecule has 1 aliphatic carbocycles. The van der Waals surface area contributed by atoms with Crippen LogP contribution >= 0.6 is 0 Å². The Balaban J connectivity index is 1.72. The van der Waals surface area contributed by atoms with Crippen molar-refractivity contribution in [2.75, 3.05) is 28.2 Å². The molecule has 0 spiro atoms. The lowest BCUT2D eigenvalue weighted by molar-refractivity contribution is 0.170. The number of ether oxygens (including phenoxy) is 2. The minimum absolute atomic E-state index is 0.123. The smallest absolute Gasteiger partial charge is 0.414 e. The molecule has 0 fully saturated rings. The molecule has 4 aromatic rings. The van der Waals surface area contributed by atoms with E-state index in [0.29, 0.717) is 59.4 Å². The standard InChI is InChI=1S/C34H34N2O6/c1-35(2)33(39)41-31-25-13-7-14-26(31)18-22-10-6-12-24(30(22)38)20-28-16-8-15-27(32(28)42-34(40)36(3)4)19-23-11-5-9-21(17-25)29(23)37/h5-16,37-38H,17-20H2,1-4H3. The second-order valence-corrected chi connectivity index (χ2v) is 10.9. The van der Waals surface area contributed by atoms with Crippen molar-refractivity contribution < 1.29 is 29.3 Å². The third-order valence-corrected chi connectivity index (χ3v) is 7.40. The fraction of sp³-hybridized carbons (Fsp3) is 0.235. The van der Waals surface area contributed by atoms with Gasteiger partial charge in [-0.15, -0.1) is 0 Å². The van der Waals surface area contributed by atoms with E-state index >= 15 is 0 Å². The maximum Gasteiger partial charge on any atom is 0.414 e. The summed E-state index contributed by atoms with van der Waals surface area (Å²) >= 11 is 0. The van der Waals surface area contributed by atoms with Crippen molar-refractivity contribution in [2.45, 2.75) is 25.7 Å². The van der Waals surface area contributed by atoms with Crippen molar-refractivity contribution in [3.63, 3.8) is 0 Å². The predicted molar refractivity (Wildman–Crippen MR) is 160 cm³/mol. The molecule has 1 aliphatic rings. The zero-order valence-electron chi connectivity index (χ0n) is 24.2. The zero-order valence-corrected chi connectivity index (χ0v) is 24.2. The SMILES string of the molecule is CN(C)C(=O)Oc1c2cccc1Cc1cccc(c1O)Cc1cccc(c1OC(=O)N(C)C)Cc1cccc(c1O)C2. The fourth-order valence-electron chi connectivity index (χ4n) is 5.13. The van der Waals surface area contributed by atoms with Gasteiger partial charge in [0.15, 0.2) is 0 Å². The van der Waals surface area contributed by atoms with Crippen LogP contribution in [0.15, 0.2) is 72.8 Å². The number of amides is 2. The molecule has 0 unspecified atom stereocenters. The molecule has 8 bridgehead atoms. The van der Waals surface area contributed by atoms with Gasteiger partial charge in [-0.3, -0.25) is 0 Å².